The second-order valence-corrected chi connectivity index (χ2v) is 4.82. The first kappa shape index (κ1) is 13.4. The van der Waals surface area contributed by atoms with Crippen LogP contribution >= 0.6 is 34.8 Å². The normalized spacial score (nSPS) is 10.7. The number of aromatic nitrogens is 1. The third-order valence-corrected chi connectivity index (χ3v) is 3.65. The Morgan fingerprint density at radius 3 is 2.28 bits per heavy atom. The lowest BCUT2D eigenvalue weighted by Gasteiger charge is -2.09. The van der Waals surface area contributed by atoms with Crippen LogP contribution in [0, 0.1) is 0 Å². The van der Waals surface area contributed by atoms with E-state index in [-0.39, 0.29) is 17.2 Å². The van der Waals surface area contributed by atoms with Crippen LogP contribution in [0.3, 0.4) is 0 Å². The Bertz CT molecular complexity index is 629. The molecule has 3 nitrogen and oxygen atoms in total. The van der Waals surface area contributed by atoms with Crippen LogP contribution in [0.25, 0.3) is 11.1 Å². The van der Waals surface area contributed by atoms with Crippen LogP contribution in [0.15, 0.2) is 29.1 Å². The van der Waals surface area contributed by atoms with Crippen molar-refractivity contribution in [2.24, 2.45) is 0 Å². The highest BCUT2D eigenvalue weighted by Gasteiger charge is 2.10. The SMILES string of the molecule is O=c1ccc(-c2cc(Cl)c(Cl)c(Cl)c2)c(CO)[nH]1. The molecule has 2 N–H and O–H groups in total. The molecule has 0 unspecified atom stereocenters. The maximum absolute atomic E-state index is 11.2. The van der Waals surface area contributed by atoms with Gasteiger partial charge in [0.2, 0.25) is 5.56 Å². The van der Waals surface area contributed by atoms with E-state index in [0.29, 0.717) is 26.9 Å². The van der Waals surface area contributed by atoms with E-state index in [9.17, 15) is 9.90 Å². The molecule has 94 valence electrons. The number of aliphatic hydroxyl groups is 1. The van der Waals surface area contributed by atoms with Crippen molar-refractivity contribution in [2.45, 2.75) is 6.61 Å². The topological polar surface area (TPSA) is 53.1 Å². The molecule has 18 heavy (non-hydrogen) atoms. The summed E-state index contributed by atoms with van der Waals surface area (Å²) < 4.78 is 0. The van der Waals surface area contributed by atoms with E-state index in [1.165, 1.54) is 6.07 Å². The lowest BCUT2D eigenvalue weighted by molar-refractivity contribution is 0.277. The summed E-state index contributed by atoms with van der Waals surface area (Å²) in [6.07, 6.45) is 0. The maximum Gasteiger partial charge on any atom is 0.248 e. The van der Waals surface area contributed by atoms with Gasteiger partial charge in [-0.1, -0.05) is 34.8 Å². The van der Waals surface area contributed by atoms with Gasteiger partial charge in [0.1, 0.15) is 0 Å². The summed E-state index contributed by atoms with van der Waals surface area (Å²) in [4.78, 5) is 13.7. The van der Waals surface area contributed by atoms with Gasteiger partial charge in [0.25, 0.3) is 0 Å². The molecule has 0 aliphatic heterocycles. The Morgan fingerprint density at radius 1 is 1.11 bits per heavy atom. The van der Waals surface area contributed by atoms with Gasteiger partial charge in [-0.15, -0.1) is 0 Å². The minimum Gasteiger partial charge on any atom is -0.390 e. The molecule has 1 aromatic carbocycles. The summed E-state index contributed by atoms with van der Waals surface area (Å²) in [6.45, 7) is -0.288. The van der Waals surface area contributed by atoms with E-state index in [0.717, 1.165) is 0 Å². The first-order valence-electron chi connectivity index (χ1n) is 5.01. The molecular weight excluding hydrogens is 296 g/mol. The zero-order valence-electron chi connectivity index (χ0n) is 9.01. The molecule has 0 atom stereocenters. The number of H-pyrrole nitrogens is 1. The van der Waals surface area contributed by atoms with E-state index in [2.05, 4.69) is 4.98 Å². The van der Waals surface area contributed by atoms with Crippen molar-refractivity contribution < 1.29 is 5.11 Å². The molecule has 0 aliphatic rings. The lowest BCUT2D eigenvalue weighted by atomic mass is 10.0. The Kier molecular flexibility index (Phi) is 3.97. The molecule has 0 saturated carbocycles. The molecular formula is C12H8Cl3NO2. The average molecular weight is 305 g/mol. The van der Waals surface area contributed by atoms with Gasteiger partial charge < -0.3 is 10.1 Å². The number of halogens is 3. The van der Waals surface area contributed by atoms with Crippen molar-refractivity contribution >= 4 is 34.8 Å². The number of nitrogens with one attached hydrogen (secondary N) is 1. The fourth-order valence-corrected chi connectivity index (χ4v) is 2.22. The van der Waals surface area contributed by atoms with E-state index in [1.54, 1.807) is 18.2 Å². The molecule has 2 rings (SSSR count). The largest absolute Gasteiger partial charge is 0.390 e. The molecule has 0 aliphatic carbocycles. The zero-order chi connectivity index (χ0) is 13.3. The highest BCUT2D eigenvalue weighted by molar-refractivity contribution is 6.48. The minimum atomic E-state index is -0.288. The van der Waals surface area contributed by atoms with Gasteiger partial charge >= 0.3 is 0 Å². The standard InChI is InChI=1S/C12H8Cl3NO2/c13-8-3-6(4-9(14)12(8)15)7-1-2-11(18)16-10(7)5-17/h1-4,17H,5H2,(H,16,18). The number of aliphatic hydroxyl groups excluding tert-OH is 1. The van der Waals surface area contributed by atoms with Crippen molar-refractivity contribution in [1.29, 1.82) is 0 Å². The van der Waals surface area contributed by atoms with Gasteiger partial charge in [0.05, 0.1) is 27.4 Å². The Labute approximate surface area is 118 Å². The van der Waals surface area contributed by atoms with Crippen LogP contribution < -0.4 is 5.56 Å². The van der Waals surface area contributed by atoms with Crippen LogP contribution in [0.4, 0.5) is 0 Å². The predicted octanol–water partition coefficient (Wildman–Crippen LogP) is 3.49. The molecule has 0 amide bonds. The lowest BCUT2D eigenvalue weighted by Crippen LogP contribution is -2.08. The summed E-state index contributed by atoms with van der Waals surface area (Å²) in [6, 6.07) is 6.22. The van der Waals surface area contributed by atoms with Crippen molar-refractivity contribution in [1.82, 2.24) is 4.98 Å². The summed E-state index contributed by atoms with van der Waals surface area (Å²) in [5, 5.41) is 10.1. The number of benzene rings is 1. The molecule has 0 fully saturated rings. The van der Waals surface area contributed by atoms with Crippen LogP contribution in [-0.4, -0.2) is 10.1 Å². The number of hydrogen-bond donors (Lipinski definition) is 2. The van der Waals surface area contributed by atoms with E-state index >= 15 is 0 Å². The van der Waals surface area contributed by atoms with Crippen LogP contribution in [0.5, 0.6) is 0 Å². The summed E-state index contributed by atoms with van der Waals surface area (Å²) in [7, 11) is 0. The van der Waals surface area contributed by atoms with Crippen molar-refractivity contribution in [3.05, 3.63) is 55.4 Å². The molecule has 2 aromatic rings. The van der Waals surface area contributed by atoms with Gasteiger partial charge in [-0.3, -0.25) is 4.79 Å². The number of pyridine rings is 1. The molecule has 0 saturated heterocycles. The number of hydrogen-bond acceptors (Lipinski definition) is 2. The van der Waals surface area contributed by atoms with E-state index in [4.69, 9.17) is 34.8 Å². The third-order valence-electron chi connectivity index (χ3n) is 2.45. The van der Waals surface area contributed by atoms with Gasteiger partial charge in [0, 0.05) is 11.6 Å². The molecule has 6 heteroatoms. The van der Waals surface area contributed by atoms with Crippen molar-refractivity contribution in [3.63, 3.8) is 0 Å². The zero-order valence-corrected chi connectivity index (χ0v) is 11.3. The fraction of sp³-hybridized carbons (Fsp3) is 0.0833. The van der Waals surface area contributed by atoms with Gasteiger partial charge in [-0.2, -0.15) is 0 Å². The maximum atomic E-state index is 11.2. The van der Waals surface area contributed by atoms with Gasteiger partial charge in [-0.25, -0.2) is 0 Å². The average Bonchev–Trinajstić information content (AvgIpc) is 2.35. The second-order valence-electron chi connectivity index (χ2n) is 3.63. The van der Waals surface area contributed by atoms with Gasteiger partial charge in [-0.05, 0) is 23.8 Å². The fourth-order valence-electron chi connectivity index (χ4n) is 1.62. The Balaban J connectivity index is 2.65. The molecule has 0 spiro atoms. The number of aromatic amines is 1. The summed E-state index contributed by atoms with van der Waals surface area (Å²) in [5.41, 5.74) is 1.44. The predicted molar refractivity (Wildman–Crippen MR) is 73.5 cm³/mol. The highest BCUT2D eigenvalue weighted by Crippen LogP contribution is 2.35. The molecule has 0 bridgehead atoms. The highest BCUT2D eigenvalue weighted by atomic mass is 35.5. The number of rotatable bonds is 2. The van der Waals surface area contributed by atoms with Crippen molar-refractivity contribution in [3.8, 4) is 11.1 Å². The first-order chi connectivity index (χ1) is 8.52. The van der Waals surface area contributed by atoms with E-state index in [1.807, 2.05) is 0 Å². The third kappa shape index (κ3) is 2.54. The molecule has 1 aromatic heterocycles. The van der Waals surface area contributed by atoms with Crippen LogP contribution in [0.2, 0.25) is 15.1 Å². The molecule has 1 heterocycles. The second kappa shape index (κ2) is 5.33. The minimum absolute atomic E-state index is 0.275. The van der Waals surface area contributed by atoms with Crippen LogP contribution in [0.1, 0.15) is 5.69 Å². The monoisotopic (exact) mass is 303 g/mol. The molecule has 0 radical (unpaired) electrons. The van der Waals surface area contributed by atoms with E-state index < -0.39 is 0 Å². The van der Waals surface area contributed by atoms with Gasteiger partial charge in [0.15, 0.2) is 0 Å². The summed E-state index contributed by atoms with van der Waals surface area (Å²) >= 11 is 17.8. The smallest absolute Gasteiger partial charge is 0.248 e. The van der Waals surface area contributed by atoms with Crippen LogP contribution in [-0.2, 0) is 6.61 Å². The summed E-state index contributed by atoms with van der Waals surface area (Å²) in [5.74, 6) is 0. The van der Waals surface area contributed by atoms with Crippen molar-refractivity contribution in [2.75, 3.05) is 0 Å². The quantitative estimate of drug-likeness (QED) is 0.834. The Morgan fingerprint density at radius 2 is 1.72 bits per heavy atom. The Hall–Kier alpha value is -1.00. The first-order valence-corrected chi connectivity index (χ1v) is 6.14.